The zero-order valence-electron chi connectivity index (χ0n) is 17.4. The second kappa shape index (κ2) is 9.75. The van der Waals surface area contributed by atoms with E-state index in [0.717, 1.165) is 43.4 Å². The largest absolute Gasteiger partial charge is 0.356 e. The SMILES string of the molecule is Cc1cccc(N2CCC(NC(=NCC(=O)N(C)C)NC3CCCC3)CC2)n1. The van der Waals surface area contributed by atoms with Gasteiger partial charge in [0, 0.05) is 45.0 Å². The van der Waals surface area contributed by atoms with Crippen LogP contribution in [0.1, 0.15) is 44.2 Å². The van der Waals surface area contributed by atoms with Crippen molar-refractivity contribution < 1.29 is 4.79 Å². The number of piperidine rings is 1. The third-order valence-electron chi connectivity index (χ3n) is 5.60. The lowest BCUT2D eigenvalue weighted by Gasteiger charge is -2.34. The number of hydrogen-bond donors (Lipinski definition) is 2. The molecule has 0 aromatic carbocycles. The van der Waals surface area contributed by atoms with Crippen LogP contribution in [0.4, 0.5) is 5.82 Å². The number of aromatic nitrogens is 1. The number of carbonyl (C=O) groups excluding carboxylic acids is 1. The number of hydrogen-bond acceptors (Lipinski definition) is 4. The van der Waals surface area contributed by atoms with Crippen molar-refractivity contribution in [2.24, 2.45) is 4.99 Å². The minimum absolute atomic E-state index is 0.0212. The van der Waals surface area contributed by atoms with Crippen LogP contribution in [0, 0.1) is 6.92 Å². The fraction of sp³-hybridized carbons (Fsp3) is 0.667. The minimum Gasteiger partial charge on any atom is -0.356 e. The van der Waals surface area contributed by atoms with E-state index in [2.05, 4.69) is 37.6 Å². The molecular formula is C21H34N6O. The maximum atomic E-state index is 12.0. The molecule has 1 aliphatic carbocycles. The molecule has 1 amide bonds. The Bertz CT molecular complexity index is 675. The first-order valence-corrected chi connectivity index (χ1v) is 10.5. The van der Waals surface area contributed by atoms with Gasteiger partial charge in [-0.3, -0.25) is 4.79 Å². The first-order chi connectivity index (χ1) is 13.5. The van der Waals surface area contributed by atoms with Crippen molar-refractivity contribution in [3.8, 4) is 0 Å². The third-order valence-corrected chi connectivity index (χ3v) is 5.60. The van der Waals surface area contributed by atoms with Crippen molar-refractivity contribution in [1.82, 2.24) is 20.5 Å². The van der Waals surface area contributed by atoms with Crippen LogP contribution in [0.2, 0.25) is 0 Å². The minimum atomic E-state index is 0.0212. The fourth-order valence-electron chi connectivity index (χ4n) is 3.84. The van der Waals surface area contributed by atoms with E-state index in [0.29, 0.717) is 12.1 Å². The summed E-state index contributed by atoms with van der Waals surface area (Å²) >= 11 is 0. The van der Waals surface area contributed by atoms with E-state index in [9.17, 15) is 4.79 Å². The molecule has 0 radical (unpaired) electrons. The summed E-state index contributed by atoms with van der Waals surface area (Å²) in [5, 5.41) is 7.13. The van der Waals surface area contributed by atoms with E-state index in [1.165, 1.54) is 25.7 Å². The molecule has 154 valence electrons. The fourth-order valence-corrected chi connectivity index (χ4v) is 3.84. The molecule has 2 N–H and O–H groups in total. The molecule has 3 rings (SSSR count). The Morgan fingerprint density at radius 2 is 1.79 bits per heavy atom. The summed E-state index contributed by atoms with van der Waals surface area (Å²) < 4.78 is 0. The van der Waals surface area contributed by atoms with Gasteiger partial charge in [0.15, 0.2) is 5.96 Å². The van der Waals surface area contributed by atoms with Gasteiger partial charge < -0.3 is 20.4 Å². The van der Waals surface area contributed by atoms with Gasteiger partial charge in [0.2, 0.25) is 5.91 Å². The van der Waals surface area contributed by atoms with Crippen LogP contribution in [0.3, 0.4) is 0 Å². The molecule has 1 aromatic rings. The second-order valence-corrected chi connectivity index (χ2v) is 8.12. The van der Waals surface area contributed by atoms with Crippen LogP contribution in [-0.4, -0.2) is 67.6 Å². The number of nitrogens with one attached hydrogen (secondary N) is 2. The Kier molecular flexibility index (Phi) is 7.12. The van der Waals surface area contributed by atoms with Crippen molar-refractivity contribution in [1.29, 1.82) is 0 Å². The van der Waals surface area contributed by atoms with Crippen molar-refractivity contribution >= 4 is 17.7 Å². The quantitative estimate of drug-likeness (QED) is 0.598. The van der Waals surface area contributed by atoms with Crippen LogP contribution >= 0.6 is 0 Å². The average molecular weight is 387 g/mol. The summed E-state index contributed by atoms with van der Waals surface area (Å²) in [6.45, 7) is 4.16. The van der Waals surface area contributed by atoms with E-state index in [4.69, 9.17) is 0 Å². The molecule has 2 fully saturated rings. The van der Waals surface area contributed by atoms with Gasteiger partial charge in [0.25, 0.3) is 0 Å². The average Bonchev–Trinajstić information content (AvgIpc) is 3.19. The molecule has 1 aromatic heterocycles. The van der Waals surface area contributed by atoms with Crippen molar-refractivity contribution in [2.75, 3.05) is 38.6 Å². The van der Waals surface area contributed by atoms with Crippen LogP contribution in [0.25, 0.3) is 0 Å². The molecule has 0 atom stereocenters. The first-order valence-electron chi connectivity index (χ1n) is 10.5. The van der Waals surface area contributed by atoms with Crippen molar-refractivity contribution in [3.63, 3.8) is 0 Å². The number of pyridine rings is 1. The maximum absolute atomic E-state index is 12.0. The Balaban J connectivity index is 1.56. The normalized spacial score (nSPS) is 19.0. The molecule has 1 saturated heterocycles. The van der Waals surface area contributed by atoms with Gasteiger partial charge in [-0.05, 0) is 44.7 Å². The Morgan fingerprint density at radius 3 is 2.39 bits per heavy atom. The van der Waals surface area contributed by atoms with Crippen LogP contribution in [0.5, 0.6) is 0 Å². The molecular weight excluding hydrogens is 352 g/mol. The molecule has 2 aliphatic rings. The number of nitrogens with zero attached hydrogens (tertiary/aromatic N) is 4. The van der Waals surface area contributed by atoms with Gasteiger partial charge in [-0.2, -0.15) is 0 Å². The van der Waals surface area contributed by atoms with Crippen molar-refractivity contribution in [2.45, 2.75) is 57.5 Å². The second-order valence-electron chi connectivity index (χ2n) is 8.12. The maximum Gasteiger partial charge on any atom is 0.243 e. The predicted molar refractivity (Wildman–Crippen MR) is 114 cm³/mol. The van der Waals surface area contributed by atoms with Gasteiger partial charge in [-0.1, -0.05) is 18.9 Å². The lowest BCUT2D eigenvalue weighted by molar-refractivity contribution is -0.127. The molecule has 0 spiro atoms. The molecule has 1 aliphatic heterocycles. The molecule has 28 heavy (non-hydrogen) atoms. The lowest BCUT2D eigenvalue weighted by Crippen LogP contribution is -2.51. The number of aryl methyl sites for hydroxylation is 1. The number of likely N-dealkylation sites (N-methyl/N-ethyl adjacent to an activating group) is 1. The van der Waals surface area contributed by atoms with Crippen LogP contribution < -0.4 is 15.5 Å². The summed E-state index contributed by atoms with van der Waals surface area (Å²) in [6, 6.07) is 7.02. The monoisotopic (exact) mass is 386 g/mol. The van der Waals surface area contributed by atoms with Gasteiger partial charge >= 0.3 is 0 Å². The van der Waals surface area contributed by atoms with E-state index in [1.54, 1.807) is 19.0 Å². The summed E-state index contributed by atoms with van der Waals surface area (Å²) in [5.74, 6) is 1.87. The lowest BCUT2D eigenvalue weighted by atomic mass is 10.1. The van der Waals surface area contributed by atoms with Crippen LogP contribution in [-0.2, 0) is 4.79 Å². The zero-order chi connectivity index (χ0) is 19.9. The standard InChI is InChI=1S/C21H34N6O/c1-16-7-6-10-19(23-16)27-13-11-18(12-14-27)25-21(22-15-20(28)26(2)3)24-17-8-4-5-9-17/h6-7,10,17-18H,4-5,8-9,11-15H2,1-3H3,(H2,22,24,25). The van der Waals surface area contributed by atoms with Crippen molar-refractivity contribution in [3.05, 3.63) is 23.9 Å². The Morgan fingerprint density at radius 1 is 1.14 bits per heavy atom. The Labute approximate surface area is 168 Å². The molecule has 0 bridgehead atoms. The highest BCUT2D eigenvalue weighted by Gasteiger charge is 2.23. The number of anilines is 1. The van der Waals surface area contributed by atoms with E-state index in [-0.39, 0.29) is 12.5 Å². The first kappa shape index (κ1) is 20.4. The van der Waals surface area contributed by atoms with E-state index < -0.39 is 0 Å². The van der Waals surface area contributed by atoms with E-state index in [1.807, 2.05) is 13.0 Å². The summed E-state index contributed by atoms with van der Waals surface area (Å²) in [6.07, 6.45) is 6.96. The number of rotatable bonds is 5. The molecule has 1 saturated carbocycles. The highest BCUT2D eigenvalue weighted by atomic mass is 16.2. The summed E-state index contributed by atoms with van der Waals surface area (Å²) in [7, 11) is 3.54. The molecule has 0 unspecified atom stereocenters. The molecule has 7 nitrogen and oxygen atoms in total. The highest BCUT2D eigenvalue weighted by Crippen LogP contribution is 2.19. The highest BCUT2D eigenvalue weighted by molar-refractivity contribution is 5.85. The topological polar surface area (TPSA) is 72.9 Å². The summed E-state index contributed by atoms with van der Waals surface area (Å²) in [5.41, 5.74) is 1.05. The molecule has 2 heterocycles. The van der Waals surface area contributed by atoms with Crippen LogP contribution in [0.15, 0.2) is 23.2 Å². The number of carbonyl (C=O) groups is 1. The van der Waals surface area contributed by atoms with Gasteiger partial charge in [0.05, 0.1) is 0 Å². The predicted octanol–water partition coefficient (Wildman–Crippen LogP) is 1.92. The van der Waals surface area contributed by atoms with Gasteiger partial charge in [-0.15, -0.1) is 0 Å². The van der Waals surface area contributed by atoms with Gasteiger partial charge in [0.1, 0.15) is 12.4 Å². The van der Waals surface area contributed by atoms with E-state index >= 15 is 0 Å². The smallest absolute Gasteiger partial charge is 0.243 e. The zero-order valence-corrected chi connectivity index (χ0v) is 17.4. The number of aliphatic imine (C=N–C) groups is 1. The Hall–Kier alpha value is -2.31. The number of guanidine groups is 1. The number of amides is 1. The molecule has 7 heteroatoms. The third kappa shape index (κ3) is 5.84. The van der Waals surface area contributed by atoms with Gasteiger partial charge in [-0.25, -0.2) is 9.98 Å². The summed E-state index contributed by atoms with van der Waals surface area (Å²) in [4.78, 5) is 25.1.